The summed E-state index contributed by atoms with van der Waals surface area (Å²) in [6.07, 6.45) is -0.981. The van der Waals surface area contributed by atoms with Gasteiger partial charge in [-0.15, -0.1) is 0 Å². The van der Waals surface area contributed by atoms with Crippen LogP contribution in [-0.2, 0) is 19.0 Å². The molecule has 0 aromatic heterocycles. The highest BCUT2D eigenvalue weighted by Gasteiger charge is 2.07. The Morgan fingerprint density at radius 2 is 1.92 bits per heavy atom. The third kappa shape index (κ3) is 5.48. The van der Waals surface area contributed by atoms with Gasteiger partial charge in [-0.25, -0.2) is 9.59 Å². The van der Waals surface area contributed by atoms with Gasteiger partial charge in [0.05, 0.1) is 6.61 Å². The fraction of sp³-hybridized carbons (Fsp3) is 0.667. The Balaban J connectivity index is 3.40. The Bertz CT molecular complexity index is 140. The minimum Gasteiger partial charge on any atom is -0.463 e. The molecule has 0 fully saturated rings. The summed E-state index contributed by atoms with van der Waals surface area (Å²) >= 11 is 0. The second-order valence-corrected chi connectivity index (χ2v) is 1.65. The summed E-state index contributed by atoms with van der Waals surface area (Å²) < 4.78 is 12.9. The molecule has 0 saturated carbocycles. The maximum absolute atomic E-state index is 10.6. The average Bonchev–Trinajstić information content (AvgIpc) is 2.02. The molecule has 70 valence electrons. The number of esters is 1. The van der Waals surface area contributed by atoms with Crippen molar-refractivity contribution >= 4 is 12.1 Å². The Labute approximate surface area is 69.6 Å². The quantitative estimate of drug-likeness (QED) is 0.465. The molecule has 6 nitrogen and oxygen atoms in total. The van der Waals surface area contributed by atoms with Crippen molar-refractivity contribution < 1.29 is 23.8 Å². The third-order valence-corrected chi connectivity index (χ3v) is 0.814. The van der Waals surface area contributed by atoms with Crippen LogP contribution >= 0.6 is 0 Å². The van der Waals surface area contributed by atoms with Crippen molar-refractivity contribution in [3.8, 4) is 0 Å². The van der Waals surface area contributed by atoms with Gasteiger partial charge in [0, 0.05) is 0 Å². The number of carbonyl (C=O) groups excluding carboxylic acids is 2. The van der Waals surface area contributed by atoms with Gasteiger partial charge in [0.1, 0.15) is 6.73 Å². The van der Waals surface area contributed by atoms with E-state index in [0.29, 0.717) is 0 Å². The first-order chi connectivity index (χ1) is 5.70. The highest BCUT2D eigenvalue weighted by Crippen LogP contribution is 1.85. The number of carbonyl (C=O) groups is 2. The molecule has 0 heterocycles. The van der Waals surface area contributed by atoms with Crippen LogP contribution < -0.4 is 5.73 Å². The number of nitrogens with two attached hydrogens (primary N) is 1. The largest absolute Gasteiger partial charge is 0.510 e. The molecule has 0 saturated heterocycles. The maximum atomic E-state index is 10.6. The molecule has 0 radical (unpaired) electrons. The Kier molecular flexibility index (Phi) is 5.72. The predicted molar refractivity (Wildman–Crippen MR) is 38.1 cm³/mol. The van der Waals surface area contributed by atoms with E-state index in [1.807, 2.05) is 0 Å². The van der Waals surface area contributed by atoms with Crippen molar-refractivity contribution in [1.82, 2.24) is 0 Å². The lowest BCUT2D eigenvalue weighted by Gasteiger charge is -2.03. The lowest BCUT2D eigenvalue weighted by molar-refractivity contribution is -0.147. The number of ether oxygens (including phenoxy) is 3. The summed E-state index contributed by atoms with van der Waals surface area (Å²) in [7, 11) is 0. The van der Waals surface area contributed by atoms with Gasteiger partial charge >= 0.3 is 12.1 Å². The van der Waals surface area contributed by atoms with Crippen molar-refractivity contribution in [2.75, 3.05) is 19.9 Å². The maximum Gasteiger partial charge on any atom is 0.510 e. The summed E-state index contributed by atoms with van der Waals surface area (Å²) in [5, 5.41) is 0. The van der Waals surface area contributed by atoms with Crippen LogP contribution in [0.5, 0.6) is 0 Å². The zero-order valence-corrected chi connectivity index (χ0v) is 6.74. The van der Waals surface area contributed by atoms with Crippen LogP contribution in [0, 0.1) is 0 Å². The van der Waals surface area contributed by atoms with E-state index in [9.17, 15) is 9.59 Å². The summed E-state index contributed by atoms with van der Waals surface area (Å²) in [5.74, 6) is -0.619. The average molecular weight is 177 g/mol. The van der Waals surface area contributed by atoms with Crippen LogP contribution in [-0.4, -0.2) is 32.1 Å². The van der Waals surface area contributed by atoms with Crippen molar-refractivity contribution in [2.45, 2.75) is 6.92 Å². The van der Waals surface area contributed by atoms with Crippen LogP contribution in [0.3, 0.4) is 0 Å². The van der Waals surface area contributed by atoms with Gasteiger partial charge in [0.25, 0.3) is 0 Å². The summed E-state index contributed by atoms with van der Waals surface area (Å²) in [6, 6.07) is 0. The van der Waals surface area contributed by atoms with Crippen LogP contribution in [0.1, 0.15) is 6.92 Å². The Morgan fingerprint density at radius 1 is 1.25 bits per heavy atom. The van der Waals surface area contributed by atoms with Gasteiger partial charge in [0.2, 0.25) is 0 Å². The zero-order valence-electron chi connectivity index (χ0n) is 6.74. The van der Waals surface area contributed by atoms with E-state index in [1.54, 1.807) is 6.92 Å². The van der Waals surface area contributed by atoms with Crippen molar-refractivity contribution in [1.29, 1.82) is 0 Å². The van der Waals surface area contributed by atoms with Crippen LogP contribution in [0.4, 0.5) is 4.79 Å². The summed E-state index contributed by atoms with van der Waals surface area (Å²) in [5.41, 5.74) is 4.86. The van der Waals surface area contributed by atoms with E-state index in [4.69, 9.17) is 5.73 Å². The van der Waals surface area contributed by atoms with E-state index in [-0.39, 0.29) is 13.3 Å². The first kappa shape index (κ1) is 10.7. The minimum absolute atomic E-state index is 0.244. The molecule has 0 aliphatic heterocycles. The molecule has 0 aliphatic carbocycles. The molecule has 6 heteroatoms. The Hall–Kier alpha value is -1.30. The van der Waals surface area contributed by atoms with E-state index in [0.717, 1.165) is 0 Å². The first-order valence-corrected chi connectivity index (χ1v) is 3.36. The van der Waals surface area contributed by atoms with Gasteiger partial charge in [-0.05, 0) is 6.92 Å². The normalized spacial score (nSPS) is 8.83. The molecule has 0 aliphatic rings. The van der Waals surface area contributed by atoms with E-state index < -0.39 is 18.7 Å². The lowest BCUT2D eigenvalue weighted by Crippen LogP contribution is -2.19. The highest BCUT2D eigenvalue weighted by molar-refractivity contribution is 5.73. The summed E-state index contributed by atoms with van der Waals surface area (Å²) in [4.78, 5) is 21.0. The monoisotopic (exact) mass is 177 g/mol. The molecule has 0 amide bonds. The molecule has 0 aromatic carbocycles. The Morgan fingerprint density at radius 3 is 2.42 bits per heavy atom. The predicted octanol–water partition coefficient (Wildman–Crippen LogP) is -0.381. The van der Waals surface area contributed by atoms with Crippen LogP contribution in [0.15, 0.2) is 0 Å². The van der Waals surface area contributed by atoms with E-state index >= 15 is 0 Å². The molecular formula is C6H11NO5. The van der Waals surface area contributed by atoms with Crippen molar-refractivity contribution in [2.24, 2.45) is 5.73 Å². The second-order valence-electron chi connectivity index (χ2n) is 1.65. The van der Waals surface area contributed by atoms with Gasteiger partial charge in [0.15, 0.2) is 6.61 Å². The van der Waals surface area contributed by atoms with Crippen molar-refractivity contribution in [3.05, 3.63) is 0 Å². The van der Waals surface area contributed by atoms with Crippen LogP contribution in [0.2, 0.25) is 0 Å². The third-order valence-electron chi connectivity index (χ3n) is 0.814. The van der Waals surface area contributed by atoms with Crippen LogP contribution in [0.25, 0.3) is 0 Å². The minimum atomic E-state index is -0.981. The molecule has 0 atom stereocenters. The second kappa shape index (κ2) is 6.41. The molecule has 0 spiro atoms. The highest BCUT2D eigenvalue weighted by atomic mass is 16.7. The van der Waals surface area contributed by atoms with Gasteiger partial charge in [-0.1, -0.05) is 0 Å². The van der Waals surface area contributed by atoms with Gasteiger partial charge < -0.3 is 14.2 Å². The standard InChI is InChI=1S/C6H11NO5/c1-2-10-5(8)3-11-6(9)12-4-7/h2-4,7H2,1H3. The van der Waals surface area contributed by atoms with Gasteiger partial charge in [-0.2, -0.15) is 0 Å². The number of hydrogen-bond donors (Lipinski definition) is 1. The number of hydrogen-bond acceptors (Lipinski definition) is 6. The fourth-order valence-corrected chi connectivity index (χ4v) is 0.430. The molecule has 0 bridgehead atoms. The summed E-state index contributed by atoms with van der Waals surface area (Å²) in [6.45, 7) is 1.17. The smallest absolute Gasteiger partial charge is 0.463 e. The number of rotatable bonds is 4. The van der Waals surface area contributed by atoms with E-state index in [1.165, 1.54) is 0 Å². The SMILES string of the molecule is CCOC(=O)COC(=O)OCN. The fourth-order valence-electron chi connectivity index (χ4n) is 0.430. The molecule has 2 N–H and O–H groups in total. The molecule has 12 heavy (non-hydrogen) atoms. The first-order valence-electron chi connectivity index (χ1n) is 3.36. The molecule has 0 unspecified atom stereocenters. The lowest BCUT2D eigenvalue weighted by atomic mass is 10.7. The topological polar surface area (TPSA) is 87.8 Å². The molecule has 0 rings (SSSR count). The molecular weight excluding hydrogens is 166 g/mol. The molecule has 0 aromatic rings. The van der Waals surface area contributed by atoms with E-state index in [2.05, 4.69) is 14.2 Å². The van der Waals surface area contributed by atoms with Gasteiger partial charge in [-0.3, -0.25) is 5.73 Å². The zero-order chi connectivity index (χ0) is 9.40. The van der Waals surface area contributed by atoms with Crippen molar-refractivity contribution in [3.63, 3.8) is 0 Å².